The third-order valence-corrected chi connectivity index (χ3v) is 2.48. The van der Waals surface area contributed by atoms with Crippen LogP contribution >= 0.6 is 0 Å². The minimum Gasteiger partial charge on any atom is -0.481 e. The number of carboxylic acids is 1. The summed E-state index contributed by atoms with van der Waals surface area (Å²) >= 11 is 0. The second kappa shape index (κ2) is 6.03. The molecule has 0 aromatic rings. The number of nitrogens with zero attached hydrogens (tertiary/aromatic N) is 1. The number of amides is 1. The Hall–Kier alpha value is -1.31. The molecule has 0 spiro atoms. The third kappa shape index (κ3) is 5.85. The third-order valence-electron chi connectivity index (χ3n) is 2.48. The number of hydrogen-bond donors (Lipinski definition) is 2. The Morgan fingerprint density at radius 2 is 1.94 bits per heavy atom. The lowest BCUT2D eigenvalue weighted by molar-refractivity contribution is -0.138. The molecule has 0 aliphatic heterocycles. The first-order chi connectivity index (χ1) is 8.29. The highest BCUT2D eigenvalue weighted by Gasteiger charge is 2.33. The minimum absolute atomic E-state index is 0.00969. The van der Waals surface area contributed by atoms with Gasteiger partial charge in [0.05, 0.1) is 19.5 Å². The molecule has 8 heteroatoms. The van der Waals surface area contributed by atoms with Crippen molar-refractivity contribution >= 4 is 11.9 Å². The van der Waals surface area contributed by atoms with Gasteiger partial charge in [0, 0.05) is 12.6 Å². The second-order valence-electron chi connectivity index (χ2n) is 4.18. The molecule has 0 bridgehead atoms. The van der Waals surface area contributed by atoms with Gasteiger partial charge in [-0.2, -0.15) is 13.2 Å². The van der Waals surface area contributed by atoms with Crippen molar-refractivity contribution in [3.63, 3.8) is 0 Å². The maximum atomic E-state index is 11.9. The first-order valence-electron chi connectivity index (χ1n) is 5.58. The molecule has 18 heavy (non-hydrogen) atoms. The van der Waals surface area contributed by atoms with Crippen LogP contribution in [0.2, 0.25) is 0 Å². The second-order valence-corrected chi connectivity index (χ2v) is 4.18. The molecule has 1 rings (SSSR count). The van der Waals surface area contributed by atoms with Crippen LogP contribution in [-0.4, -0.2) is 53.7 Å². The Morgan fingerprint density at radius 3 is 2.39 bits per heavy atom. The van der Waals surface area contributed by atoms with Crippen LogP contribution in [0.25, 0.3) is 0 Å². The standard InChI is InChI=1S/C10H15F3N2O3/c11-10(12,13)6-14-5-8(16)15(7-1-2-7)4-3-9(17)18/h7,14H,1-6H2,(H,17,18). The molecule has 0 radical (unpaired) electrons. The summed E-state index contributed by atoms with van der Waals surface area (Å²) in [6.07, 6.45) is -2.98. The van der Waals surface area contributed by atoms with Gasteiger partial charge in [-0.05, 0) is 12.8 Å². The summed E-state index contributed by atoms with van der Waals surface area (Å²) in [6.45, 7) is -1.60. The molecule has 1 fully saturated rings. The first-order valence-corrected chi connectivity index (χ1v) is 5.58. The molecule has 1 aliphatic rings. The maximum absolute atomic E-state index is 11.9. The fraction of sp³-hybridized carbons (Fsp3) is 0.800. The van der Waals surface area contributed by atoms with E-state index >= 15 is 0 Å². The molecule has 0 aromatic carbocycles. The lowest BCUT2D eigenvalue weighted by atomic mass is 10.3. The zero-order chi connectivity index (χ0) is 13.8. The Morgan fingerprint density at radius 1 is 1.33 bits per heavy atom. The number of carboxylic acid groups (broad SMARTS) is 1. The van der Waals surface area contributed by atoms with Crippen LogP contribution in [0.5, 0.6) is 0 Å². The van der Waals surface area contributed by atoms with Crippen molar-refractivity contribution in [3.05, 3.63) is 0 Å². The highest BCUT2D eigenvalue weighted by atomic mass is 19.4. The zero-order valence-corrected chi connectivity index (χ0v) is 9.66. The quantitative estimate of drug-likeness (QED) is 0.709. The summed E-state index contributed by atoms with van der Waals surface area (Å²) in [6, 6.07) is -0.00969. The van der Waals surface area contributed by atoms with Gasteiger partial charge in [0.2, 0.25) is 5.91 Å². The van der Waals surface area contributed by atoms with Gasteiger partial charge in [0.15, 0.2) is 0 Å². The average molecular weight is 268 g/mol. The van der Waals surface area contributed by atoms with E-state index in [4.69, 9.17) is 5.11 Å². The molecular weight excluding hydrogens is 253 g/mol. The monoisotopic (exact) mass is 268 g/mol. The molecule has 104 valence electrons. The molecule has 0 unspecified atom stereocenters. The summed E-state index contributed by atoms with van der Waals surface area (Å²) in [5, 5.41) is 10.5. The number of aliphatic carboxylic acids is 1. The van der Waals surface area contributed by atoms with E-state index in [1.54, 1.807) is 0 Å². The number of carbonyl (C=O) groups excluding carboxylic acids is 1. The summed E-state index contributed by atoms with van der Waals surface area (Å²) < 4.78 is 35.6. The van der Waals surface area contributed by atoms with Gasteiger partial charge in [-0.25, -0.2) is 0 Å². The lowest BCUT2D eigenvalue weighted by Crippen LogP contribution is -2.42. The van der Waals surface area contributed by atoms with Crippen molar-refractivity contribution in [2.45, 2.75) is 31.5 Å². The fourth-order valence-electron chi connectivity index (χ4n) is 1.53. The maximum Gasteiger partial charge on any atom is 0.401 e. The molecule has 0 atom stereocenters. The van der Waals surface area contributed by atoms with Crippen LogP contribution in [0, 0.1) is 0 Å². The van der Waals surface area contributed by atoms with Crippen molar-refractivity contribution in [1.82, 2.24) is 10.2 Å². The first kappa shape index (κ1) is 14.7. The fourth-order valence-corrected chi connectivity index (χ4v) is 1.53. The molecule has 0 saturated heterocycles. The number of hydrogen-bond acceptors (Lipinski definition) is 3. The average Bonchev–Trinajstić information content (AvgIpc) is 2.99. The number of alkyl halides is 3. The van der Waals surface area contributed by atoms with Crippen LogP contribution in [0.4, 0.5) is 13.2 Å². The molecule has 5 nitrogen and oxygen atoms in total. The molecule has 1 amide bonds. The Bertz CT molecular complexity index is 316. The SMILES string of the molecule is O=C(O)CCN(C(=O)CNCC(F)(F)F)C1CC1. The smallest absolute Gasteiger partial charge is 0.401 e. The molecule has 0 aromatic heterocycles. The van der Waals surface area contributed by atoms with E-state index in [1.807, 2.05) is 5.32 Å². The topological polar surface area (TPSA) is 69.6 Å². The summed E-state index contributed by atoms with van der Waals surface area (Å²) in [5.41, 5.74) is 0. The Kier molecular flexibility index (Phi) is 4.94. The van der Waals surface area contributed by atoms with Crippen molar-refractivity contribution in [2.24, 2.45) is 0 Å². The predicted octanol–water partition coefficient (Wildman–Crippen LogP) is 0.604. The zero-order valence-electron chi connectivity index (χ0n) is 9.66. The van der Waals surface area contributed by atoms with Crippen LogP contribution in [0.15, 0.2) is 0 Å². The van der Waals surface area contributed by atoms with Crippen molar-refractivity contribution in [2.75, 3.05) is 19.6 Å². The van der Waals surface area contributed by atoms with Gasteiger partial charge >= 0.3 is 12.1 Å². The summed E-state index contributed by atoms with van der Waals surface area (Å²) in [7, 11) is 0. The van der Waals surface area contributed by atoms with Crippen molar-refractivity contribution < 1.29 is 27.9 Å². The number of nitrogens with one attached hydrogen (secondary N) is 1. The van der Waals surface area contributed by atoms with Crippen molar-refractivity contribution in [1.29, 1.82) is 0 Å². The number of carbonyl (C=O) groups is 2. The number of halogens is 3. The van der Waals surface area contributed by atoms with Gasteiger partial charge in [0.25, 0.3) is 0 Å². The van der Waals surface area contributed by atoms with Crippen LogP contribution < -0.4 is 5.32 Å². The highest BCUT2D eigenvalue weighted by molar-refractivity contribution is 5.79. The van der Waals surface area contributed by atoms with E-state index in [-0.39, 0.29) is 19.0 Å². The Balaban J connectivity index is 2.33. The summed E-state index contributed by atoms with van der Waals surface area (Å²) in [5.74, 6) is -1.51. The minimum atomic E-state index is -4.36. The number of rotatable bonds is 7. The molecule has 1 saturated carbocycles. The van der Waals surface area contributed by atoms with Gasteiger partial charge in [-0.15, -0.1) is 0 Å². The van der Waals surface area contributed by atoms with E-state index in [9.17, 15) is 22.8 Å². The van der Waals surface area contributed by atoms with Gasteiger partial charge in [-0.3, -0.25) is 9.59 Å². The van der Waals surface area contributed by atoms with Crippen molar-refractivity contribution in [3.8, 4) is 0 Å². The largest absolute Gasteiger partial charge is 0.481 e. The summed E-state index contributed by atoms with van der Waals surface area (Å²) in [4.78, 5) is 23.4. The van der Waals surface area contributed by atoms with E-state index in [1.165, 1.54) is 4.90 Å². The molecule has 1 aliphatic carbocycles. The predicted molar refractivity (Wildman–Crippen MR) is 55.9 cm³/mol. The normalized spacial score (nSPS) is 15.5. The van der Waals surface area contributed by atoms with Crippen LogP contribution in [0.3, 0.4) is 0 Å². The molecule has 0 heterocycles. The van der Waals surface area contributed by atoms with Crippen LogP contribution in [-0.2, 0) is 9.59 Å². The van der Waals surface area contributed by atoms with Crippen LogP contribution in [0.1, 0.15) is 19.3 Å². The van der Waals surface area contributed by atoms with E-state index in [0.29, 0.717) is 0 Å². The van der Waals surface area contributed by atoms with E-state index in [0.717, 1.165) is 12.8 Å². The van der Waals surface area contributed by atoms with Gasteiger partial charge in [0.1, 0.15) is 0 Å². The van der Waals surface area contributed by atoms with E-state index < -0.39 is 31.1 Å². The van der Waals surface area contributed by atoms with Gasteiger partial charge < -0.3 is 15.3 Å². The van der Waals surface area contributed by atoms with E-state index in [2.05, 4.69) is 0 Å². The lowest BCUT2D eigenvalue weighted by Gasteiger charge is -2.22. The van der Waals surface area contributed by atoms with Gasteiger partial charge in [-0.1, -0.05) is 0 Å². The Labute approximate surface area is 102 Å². The molecular formula is C10H15F3N2O3. The molecule has 2 N–H and O–H groups in total. The highest BCUT2D eigenvalue weighted by Crippen LogP contribution is 2.26.